The predicted molar refractivity (Wildman–Crippen MR) is 86.0 cm³/mol. The second-order valence-corrected chi connectivity index (χ2v) is 5.30. The van der Waals surface area contributed by atoms with Crippen LogP contribution >= 0.6 is 0 Å². The highest BCUT2D eigenvalue weighted by Gasteiger charge is 2.24. The molecule has 2 rings (SSSR count). The van der Waals surface area contributed by atoms with E-state index in [4.69, 9.17) is 4.74 Å². The lowest BCUT2D eigenvalue weighted by atomic mass is 10.0. The first-order valence-electron chi connectivity index (χ1n) is 7.98. The average molecular weight is 290 g/mol. The van der Waals surface area contributed by atoms with Crippen molar-refractivity contribution in [3.63, 3.8) is 0 Å². The summed E-state index contributed by atoms with van der Waals surface area (Å²) in [4.78, 5) is 16.0. The molecule has 0 bridgehead atoms. The minimum Gasteiger partial charge on any atom is -0.450 e. The van der Waals surface area contributed by atoms with Crippen LogP contribution in [0.5, 0.6) is 0 Å². The Morgan fingerprint density at radius 3 is 2.10 bits per heavy atom. The van der Waals surface area contributed by atoms with Crippen LogP contribution in [0.3, 0.4) is 0 Å². The van der Waals surface area contributed by atoms with Crippen molar-refractivity contribution in [2.75, 3.05) is 37.7 Å². The van der Waals surface area contributed by atoms with Crippen molar-refractivity contribution in [3.05, 3.63) is 29.3 Å². The number of piperazine rings is 1. The first-order chi connectivity index (χ1) is 10.2. The monoisotopic (exact) mass is 290 g/mol. The second-order valence-electron chi connectivity index (χ2n) is 5.30. The van der Waals surface area contributed by atoms with Crippen LogP contribution in [0.15, 0.2) is 18.2 Å². The topological polar surface area (TPSA) is 32.8 Å². The van der Waals surface area contributed by atoms with E-state index in [0.717, 1.165) is 39.0 Å². The predicted octanol–water partition coefficient (Wildman–Crippen LogP) is 3.09. The molecule has 1 heterocycles. The van der Waals surface area contributed by atoms with Gasteiger partial charge in [0.1, 0.15) is 0 Å². The molecule has 1 aliphatic rings. The van der Waals surface area contributed by atoms with Gasteiger partial charge in [0.15, 0.2) is 0 Å². The van der Waals surface area contributed by atoms with E-state index in [9.17, 15) is 4.79 Å². The lowest BCUT2D eigenvalue weighted by Gasteiger charge is -2.37. The summed E-state index contributed by atoms with van der Waals surface area (Å²) in [5.74, 6) is 0. The van der Waals surface area contributed by atoms with Gasteiger partial charge in [-0.05, 0) is 30.9 Å². The summed E-state index contributed by atoms with van der Waals surface area (Å²) in [5.41, 5.74) is 4.18. The number of ether oxygens (including phenoxy) is 1. The van der Waals surface area contributed by atoms with Gasteiger partial charge in [0.2, 0.25) is 0 Å². The molecule has 0 atom stereocenters. The molecule has 0 N–H and O–H groups in total. The third kappa shape index (κ3) is 3.49. The zero-order valence-corrected chi connectivity index (χ0v) is 13.4. The van der Waals surface area contributed by atoms with E-state index >= 15 is 0 Å². The number of aryl methyl sites for hydroxylation is 2. The van der Waals surface area contributed by atoms with E-state index in [2.05, 4.69) is 36.9 Å². The maximum atomic E-state index is 11.8. The molecule has 1 aromatic carbocycles. The second kappa shape index (κ2) is 7.34. The molecular weight excluding hydrogens is 264 g/mol. The van der Waals surface area contributed by atoms with Crippen molar-refractivity contribution < 1.29 is 9.53 Å². The molecule has 4 nitrogen and oxygen atoms in total. The molecule has 0 radical (unpaired) electrons. The van der Waals surface area contributed by atoms with Gasteiger partial charge < -0.3 is 14.5 Å². The molecule has 1 fully saturated rings. The summed E-state index contributed by atoms with van der Waals surface area (Å²) in [5, 5.41) is 0. The number of carbonyl (C=O) groups excluding carboxylic acids is 1. The van der Waals surface area contributed by atoms with Gasteiger partial charge in [0.05, 0.1) is 6.61 Å². The Kier molecular flexibility index (Phi) is 5.48. The minimum atomic E-state index is -0.184. The SMILES string of the molecule is CCOC(=O)N1CCN(c2c(CC)cccc2CC)CC1. The largest absolute Gasteiger partial charge is 0.450 e. The van der Waals surface area contributed by atoms with Gasteiger partial charge in [-0.2, -0.15) is 0 Å². The fourth-order valence-corrected chi connectivity index (χ4v) is 2.95. The third-order valence-electron chi connectivity index (χ3n) is 4.09. The minimum absolute atomic E-state index is 0.184. The zero-order chi connectivity index (χ0) is 15.2. The number of benzene rings is 1. The van der Waals surface area contributed by atoms with Crippen LogP contribution in [0.4, 0.5) is 10.5 Å². The Morgan fingerprint density at radius 1 is 1.05 bits per heavy atom. The highest BCUT2D eigenvalue weighted by atomic mass is 16.6. The number of amides is 1. The summed E-state index contributed by atoms with van der Waals surface area (Å²) in [6, 6.07) is 6.58. The lowest BCUT2D eigenvalue weighted by Crippen LogP contribution is -2.49. The highest BCUT2D eigenvalue weighted by molar-refractivity contribution is 5.68. The molecule has 21 heavy (non-hydrogen) atoms. The van der Waals surface area contributed by atoms with Gasteiger partial charge in [-0.25, -0.2) is 4.79 Å². The molecule has 1 amide bonds. The van der Waals surface area contributed by atoms with Crippen molar-refractivity contribution in [3.8, 4) is 0 Å². The Bertz CT molecular complexity index is 457. The van der Waals surface area contributed by atoms with E-state index in [1.807, 2.05) is 6.92 Å². The Hall–Kier alpha value is -1.71. The maximum absolute atomic E-state index is 11.8. The zero-order valence-electron chi connectivity index (χ0n) is 13.4. The fraction of sp³-hybridized carbons (Fsp3) is 0.588. The van der Waals surface area contributed by atoms with Gasteiger partial charge in [-0.1, -0.05) is 32.0 Å². The highest BCUT2D eigenvalue weighted by Crippen LogP contribution is 2.28. The van der Waals surface area contributed by atoms with Gasteiger partial charge in [-0.3, -0.25) is 0 Å². The Labute approximate surface area is 127 Å². The molecule has 0 aromatic heterocycles. The Morgan fingerprint density at radius 2 is 1.62 bits per heavy atom. The van der Waals surface area contributed by atoms with Gasteiger partial charge in [-0.15, -0.1) is 0 Å². The Balaban J connectivity index is 2.10. The number of hydrogen-bond acceptors (Lipinski definition) is 3. The maximum Gasteiger partial charge on any atom is 0.409 e. The van der Waals surface area contributed by atoms with Crippen molar-refractivity contribution in [1.82, 2.24) is 4.90 Å². The van der Waals surface area contributed by atoms with Gasteiger partial charge in [0, 0.05) is 31.9 Å². The summed E-state index contributed by atoms with van der Waals surface area (Å²) in [7, 11) is 0. The fourth-order valence-electron chi connectivity index (χ4n) is 2.95. The number of rotatable bonds is 4. The van der Waals surface area contributed by atoms with Gasteiger partial charge in [0.25, 0.3) is 0 Å². The molecule has 4 heteroatoms. The van der Waals surface area contributed by atoms with Crippen LogP contribution in [0, 0.1) is 0 Å². The van der Waals surface area contributed by atoms with E-state index in [-0.39, 0.29) is 6.09 Å². The molecule has 0 unspecified atom stereocenters. The average Bonchev–Trinajstić information content (AvgIpc) is 2.54. The number of para-hydroxylation sites is 1. The van der Waals surface area contributed by atoms with E-state index in [0.29, 0.717) is 6.61 Å². The van der Waals surface area contributed by atoms with Crippen molar-refractivity contribution in [1.29, 1.82) is 0 Å². The molecule has 116 valence electrons. The smallest absolute Gasteiger partial charge is 0.409 e. The molecule has 1 aliphatic heterocycles. The van der Waals surface area contributed by atoms with Crippen LogP contribution in [-0.2, 0) is 17.6 Å². The van der Waals surface area contributed by atoms with Crippen molar-refractivity contribution >= 4 is 11.8 Å². The normalized spacial score (nSPS) is 15.2. The summed E-state index contributed by atoms with van der Waals surface area (Å²) in [6.45, 7) is 9.92. The number of hydrogen-bond donors (Lipinski definition) is 0. The van der Waals surface area contributed by atoms with Crippen LogP contribution in [0.2, 0.25) is 0 Å². The van der Waals surface area contributed by atoms with Crippen LogP contribution in [0.1, 0.15) is 31.9 Å². The van der Waals surface area contributed by atoms with E-state index in [1.165, 1.54) is 16.8 Å². The van der Waals surface area contributed by atoms with Crippen LogP contribution < -0.4 is 4.90 Å². The lowest BCUT2D eigenvalue weighted by molar-refractivity contribution is 0.105. The van der Waals surface area contributed by atoms with Crippen molar-refractivity contribution in [2.45, 2.75) is 33.6 Å². The number of carbonyl (C=O) groups is 1. The van der Waals surface area contributed by atoms with Crippen molar-refractivity contribution in [2.24, 2.45) is 0 Å². The first-order valence-corrected chi connectivity index (χ1v) is 7.98. The van der Waals surface area contributed by atoms with E-state index in [1.54, 1.807) is 4.90 Å². The quantitative estimate of drug-likeness (QED) is 0.854. The molecule has 1 saturated heterocycles. The summed E-state index contributed by atoms with van der Waals surface area (Å²) >= 11 is 0. The summed E-state index contributed by atoms with van der Waals surface area (Å²) in [6.07, 6.45) is 1.90. The molecule has 0 aliphatic carbocycles. The molecule has 0 saturated carbocycles. The van der Waals surface area contributed by atoms with Crippen LogP contribution in [0.25, 0.3) is 0 Å². The molecule has 1 aromatic rings. The molecular formula is C17H26N2O2. The van der Waals surface area contributed by atoms with E-state index < -0.39 is 0 Å². The summed E-state index contributed by atoms with van der Waals surface area (Å²) < 4.78 is 5.08. The standard InChI is InChI=1S/C17H26N2O2/c1-4-14-8-7-9-15(5-2)16(14)18-10-12-19(13-11-18)17(20)21-6-3/h7-9H,4-6,10-13H2,1-3H3. The van der Waals surface area contributed by atoms with Gasteiger partial charge >= 0.3 is 6.09 Å². The number of anilines is 1. The number of nitrogens with zero attached hydrogens (tertiary/aromatic N) is 2. The van der Waals surface area contributed by atoms with Crippen LogP contribution in [-0.4, -0.2) is 43.8 Å². The first kappa shape index (κ1) is 15.7. The third-order valence-corrected chi connectivity index (χ3v) is 4.09. The molecule has 0 spiro atoms.